The van der Waals surface area contributed by atoms with Crippen LogP contribution in [0, 0.1) is 0 Å². The Morgan fingerprint density at radius 3 is 2.75 bits per heavy atom. The number of hydrogen-bond acceptors (Lipinski definition) is 6. The number of pyridine rings is 1. The average Bonchev–Trinajstić information content (AvgIpc) is 2.59. The van der Waals surface area contributed by atoms with E-state index in [0.29, 0.717) is 35.0 Å². The highest BCUT2D eigenvalue weighted by atomic mass is 33.1. The number of carbonyl (C=O) groups is 2. The summed E-state index contributed by atoms with van der Waals surface area (Å²) in [5, 5.41) is 12.3. The Morgan fingerprint density at radius 2 is 2.00 bits per heavy atom. The van der Waals surface area contributed by atoms with E-state index in [9.17, 15) is 9.59 Å². The Bertz CT molecular complexity index is 724. The number of nitrogens with one attached hydrogen (secondary N) is 1. The molecule has 2 N–H and O–H groups in total. The summed E-state index contributed by atoms with van der Waals surface area (Å²) in [7, 11) is 4.60. The van der Waals surface area contributed by atoms with Gasteiger partial charge in [-0.2, -0.15) is 0 Å². The number of para-hydroxylation sites is 1. The molecule has 0 bridgehead atoms. The fourth-order valence-electron chi connectivity index (χ4n) is 1.95. The molecule has 0 radical (unpaired) electrons. The fourth-order valence-corrected chi connectivity index (χ4v) is 3.84. The molecule has 8 heteroatoms. The van der Waals surface area contributed by atoms with E-state index in [-0.39, 0.29) is 12.3 Å². The third-order valence-electron chi connectivity index (χ3n) is 3.09. The topological polar surface area (TPSA) is 88.5 Å². The number of aromatic nitrogens is 1. The smallest absolute Gasteiger partial charge is 0.304 e. The molecule has 1 aromatic heterocycles. The van der Waals surface area contributed by atoms with Crippen LogP contribution in [0.1, 0.15) is 16.9 Å². The van der Waals surface area contributed by atoms with E-state index in [1.165, 1.54) is 21.6 Å². The van der Waals surface area contributed by atoms with Crippen LogP contribution in [0.15, 0.2) is 30.3 Å². The number of hydrogen-bond donors (Lipinski definition) is 2. The number of benzene rings is 1. The first kappa shape index (κ1) is 18.4. The number of fused-ring (bicyclic) bond motifs is 1. The van der Waals surface area contributed by atoms with Gasteiger partial charge in [-0.25, -0.2) is 4.98 Å². The van der Waals surface area contributed by atoms with Crippen molar-refractivity contribution in [2.24, 2.45) is 0 Å². The van der Waals surface area contributed by atoms with Crippen molar-refractivity contribution < 1.29 is 19.4 Å². The predicted octanol–water partition coefficient (Wildman–Crippen LogP) is 2.83. The number of carboxylic acids is 1. The first-order valence-corrected chi connectivity index (χ1v) is 9.79. The van der Waals surface area contributed by atoms with Gasteiger partial charge >= 0.3 is 5.97 Å². The van der Waals surface area contributed by atoms with Crippen LogP contribution in [0.2, 0.25) is 0 Å². The van der Waals surface area contributed by atoms with Crippen LogP contribution in [0.5, 0.6) is 5.75 Å². The molecule has 1 amide bonds. The summed E-state index contributed by atoms with van der Waals surface area (Å²) in [6.45, 7) is 0.495. The van der Waals surface area contributed by atoms with Gasteiger partial charge in [0.1, 0.15) is 17.0 Å². The van der Waals surface area contributed by atoms with E-state index >= 15 is 0 Å². The number of amides is 1. The van der Waals surface area contributed by atoms with Gasteiger partial charge in [0.2, 0.25) is 0 Å². The summed E-state index contributed by atoms with van der Waals surface area (Å²) in [5.74, 6) is 0.855. The van der Waals surface area contributed by atoms with Crippen LogP contribution in [0.25, 0.3) is 10.9 Å². The van der Waals surface area contributed by atoms with Gasteiger partial charge in [0.15, 0.2) is 0 Å². The van der Waals surface area contributed by atoms with Crippen molar-refractivity contribution in [2.75, 3.05) is 25.2 Å². The Hall–Kier alpha value is -1.93. The Balaban J connectivity index is 1.84. The average molecular weight is 366 g/mol. The molecule has 0 saturated heterocycles. The minimum atomic E-state index is -0.797. The summed E-state index contributed by atoms with van der Waals surface area (Å²) in [4.78, 5) is 26.9. The van der Waals surface area contributed by atoms with Gasteiger partial charge in [-0.05, 0) is 12.1 Å². The Labute approximate surface area is 147 Å². The quantitative estimate of drug-likeness (QED) is 0.521. The van der Waals surface area contributed by atoms with Gasteiger partial charge in [-0.3, -0.25) is 9.59 Å². The number of carboxylic acid groups (broad SMARTS) is 1. The van der Waals surface area contributed by atoms with Crippen molar-refractivity contribution in [1.29, 1.82) is 0 Å². The molecule has 0 aliphatic heterocycles. The van der Waals surface area contributed by atoms with Crippen molar-refractivity contribution in [3.63, 3.8) is 0 Å². The Morgan fingerprint density at radius 1 is 1.21 bits per heavy atom. The lowest BCUT2D eigenvalue weighted by atomic mass is 10.2. The highest BCUT2D eigenvalue weighted by molar-refractivity contribution is 8.76. The van der Waals surface area contributed by atoms with Crippen molar-refractivity contribution >= 4 is 44.4 Å². The second-order valence-electron chi connectivity index (χ2n) is 4.77. The third-order valence-corrected chi connectivity index (χ3v) is 5.50. The highest BCUT2D eigenvalue weighted by Crippen LogP contribution is 2.23. The SMILES string of the molecule is COc1cccc2ccc(C(=O)NCCSSCCC(=O)O)nc12. The molecule has 0 aliphatic rings. The van der Waals surface area contributed by atoms with Crippen LogP contribution in [-0.2, 0) is 4.79 Å². The van der Waals surface area contributed by atoms with Crippen LogP contribution in [0.3, 0.4) is 0 Å². The van der Waals surface area contributed by atoms with E-state index < -0.39 is 5.97 Å². The van der Waals surface area contributed by atoms with Gasteiger partial charge in [-0.15, -0.1) is 0 Å². The monoisotopic (exact) mass is 366 g/mol. The summed E-state index contributed by atoms with van der Waals surface area (Å²) >= 11 is 0. The molecule has 1 aromatic carbocycles. The van der Waals surface area contributed by atoms with Crippen LogP contribution >= 0.6 is 21.6 Å². The zero-order valence-corrected chi connectivity index (χ0v) is 14.8. The summed E-state index contributed by atoms with van der Waals surface area (Å²) in [6, 6.07) is 9.13. The van der Waals surface area contributed by atoms with Gasteiger partial charge < -0.3 is 15.2 Å². The number of aliphatic carboxylic acids is 1. The summed E-state index contributed by atoms with van der Waals surface area (Å²) in [6.07, 6.45) is 0.146. The number of nitrogens with zero attached hydrogens (tertiary/aromatic N) is 1. The molecule has 2 aromatic rings. The largest absolute Gasteiger partial charge is 0.494 e. The second-order valence-corrected chi connectivity index (χ2v) is 7.47. The highest BCUT2D eigenvalue weighted by Gasteiger charge is 2.10. The van der Waals surface area contributed by atoms with Crippen molar-refractivity contribution in [2.45, 2.75) is 6.42 Å². The molecule has 24 heavy (non-hydrogen) atoms. The zero-order chi connectivity index (χ0) is 17.4. The van der Waals surface area contributed by atoms with Crippen molar-refractivity contribution in [1.82, 2.24) is 10.3 Å². The molecule has 128 valence electrons. The maximum atomic E-state index is 12.2. The van der Waals surface area contributed by atoms with Crippen LogP contribution in [-0.4, -0.2) is 47.1 Å². The molecule has 1 heterocycles. The first-order chi connectivity index (χ1) is 11.6. The maximum Gasteiger partial charge on any atom is 0.304 e. The standard InChI is InChI=1S/C16H18N2O4S2/c1-22-13-4-2-3-11-5-6-12(18-15(11)13)16(21)17-8-10-24-23-9-7-14(19)20/h2-6H,7-10H2,1H3,(H,17,21)(H,19,20). The molecule has 0 aliphatic carbocycles. The second kappa shape index (κ2) is 9.39. The molecular formula is C16H18N2O4S2. The molecule has 0 unspecified atom stereocenters. The lowest BCUT2D eigenvalue weighted by Crippen LogP contribution is -2.26. The first-order valence-electron chi connectivity index (χ1n) is 7.30. The molecular weight excluding hydrogens is 348 g/mol. The van der Waals surface area contributed by atoms with E-state index in [1.807, 2.05) is 24.3 Å². The van der Waals surface area contributed by atoms with Crippen LogP contribution in [0.4, 0.5) is 0 Å². The summed E-state index contributed by atoms with van der Waals surface area (Å²) < 4.78 is 5.27. The third kappa shape index (κ3) is 5.31. The van der Waals surface area contributed by atoms with Crippen molar-refractivity contribution in [3.8, 4) is 5.75 Å². The molecule has 0 fully saturated rings. The van der Waals surface area contributed by atoms with E-state index in [2.05, 4.69) is 10.3 Å². The van der Waals surface area contributed by atoms with Crippen LogP contribution < -0.4 is 10.1 Å². The van der Waals surface area contributed by atoms with Gasteiger partial charge in [0, 0.05) is 23.4 Å². The van der Waals surface area contributed by atoms with E-state index in [1.54, 1.807) is 13.2 Å². The molecule has 0 spiro atoms. The molecule has 0 atom stereocenters. The van der Waals surface area contributed by atoms with Gasteiger partial charge in [-0.1, -0.05) is 39.8 Å². The molecule has 6 nitrogen and oxygen atoms in total. The zero-order valence-electron chi connectivity index (χ0n) is 13.2. The molecule has 2 rings (SSSR count). The fraction of sp³-hybridized carbons (Fsp3) is 0.312. The summed E-state index contributed by atoms with van der Waals surface area (Å²) in [5.41, 5.74) is 1.00. The normalized spacial score (nSPS) is 10.5. The van der Waals surface area contributed by atoms with Gasteiger partial charge in [0.25, 0.3) is 5.91 Å². The number of methoxy groups -OCH3 is 1. The number of carbonyl (C=O) groups excluding carboxylic acids is 1. The number of ether oxygens (including phenoxy) is 1. The minimum absolute atomic E-state index is 0.146. The maximum absolute atomic E-state index is 12.2. The van der Waals surface area contributed by atoms with E-state index in [4.69, 9.17) is 9.84 Å². The predicted molar refractivity (Wildman–Crippen MR) is 97.8 cm³/mol. The molecule has 0 saturated carbocycles. The Kier molecular flexibility index (Phi) is 7.20. The lowest BCUT2D eigenvalue weighted by Gasteiger charge is -2.07. The van der Waals surface area contributed by atoms with Gasteiger partial charge in [0.05, 0.1) is 13.5 Å². The lowest BCUT2D eigenvalue weighted by molar-refractivity contribution is -0.136. The van der Waals surface area contributed by atoms with E-state index in [0.717, 1.165) is 5.39 Å². The number of rotatable bonds is 9. The minimum Gasteiger partial charge on any atom is -0.494 e. The van der Waals surface area contributed by atoms with Crippen molar-refractivity contribution in [3.05, 3.63) is 36.0 Å².